The van der Waals surface area contributed by atoms with Crippen LogP contribution in [-0.2, 0) is 20.6 Å². The van der Waals surface area contributed by atoms with Crippen molar-refractivity contribution in [3.8, 4) is 0 Å². The average molecular weight is 504 g/mol. The van der Waals surface area contributed by atoms with Crippen molar-refractivity contribution in [1.29, 1.82) is 0 Å². The molecule has 3 aromatic carbocycles. The van der Waals surface area contributed by atoms with Crippen molar-refractivity contribution in [2.24, 2.45) is 5.92 Å². The normalized spacial score (nSPS) is 18.1. The van der Waals surface area contributed by atoms with Crippen LogP contribution in [0, 0.1) is 5.92 Å². The molecule has 1 fully saturated rings. The first-order chi connectivity index (χ1) is 17.2. The Bertz CT molecular complexity index is 1130. The van der Waals surface area contributed by atoms with E-state index < -0.39 is 32.4 Å². The van der Waals surface area contributed by atoms with E-state index in [-0.39, 0.29) is 24.7 Å². The van der Waals surface area contributed by atoms with Crippen LogP contribution in [0.15, 0.2) is 91.0 Å². The molecule has 3 aromatic rings. The van der Waals surface area contributed by atoms with Crippen LogP contribution in [0.5, 0.6) is 0 Å². The first kappa shape index (κ1) is 25.7. The fourth-order valence-electron chi connectivity index (χ4n) is 5.01. The monoisotopic (exact) mass is 503 g/mol. The minimum atomic E-state index is -2.98. The summed E-state index contributed by atoms with van der Waals surface area (Å²) in [7, 11) is -2.98. The summed E-state index contributed by atoms with van der Waals surface area (Å²) >= 11 is 0. The van der Waals surface area contributed by atoms with Crippen molar-refractivity contribution in [3.05, 3.63) is 96.6 Å². The summed E-state index contributed by atoms with van der Waals surface area (Å²) < 4.78 is 12.6. The van der Waals surface area contributed by atoms with Crippen LogP contribution < -0.4 is 10.4 Å². The van der Waals surface area contributed by atoms with Crippen molar-refractivity contribution in [1.82, 2.24) is 4.90 Å². The molecule has 36 heavy (non-hydrogen) atoms. The molecular formula is C29H33NO5Si. The Balaban J connectivity index is 1.65. The van der Waals surface area contributed by atoms with Gasteiger partial charge in [-0.05, 0) is 21.0 Å². The summed E-state index contributed by atoms with van der Waals surface area (Å²) in [4.78, 5) is 26.7. The van der Waals surface area contributed by atoms with Gasteiger partial charge in [0.2, 0.25) is 0 Å². The van der Waals surface area contributed by atoms with Gasteiger partial charge in [0, 0.05) is 13.1 Å². The van der Waals surface area contributed by atoms with Crippen LogP contribution in [0.1, 0.15) is 26.3 Å². The molecule has 1 aliphatic rings. The fraction of sp³-hybridized carbons (Fsp3) is 0.310. The maximum Gasteiger partial charge on any atom is 0.410 e. The number of aliphatic carboxylic acids is 1. The molecule has 6 nitrogen and oxygen atoms in total. The van der Waals surface area contributed by atoms with Crippen LogP contribution in [-0.4, -0.2) is 49.6 Å². The number of nitrogens with zero attached hydrogens (tertiary/aromatic N) is 1. The first-order valence-corrected chi connectivity index (χ1v) is 14.1. The molecule has 1 saturated heterocycles. The summed E-state index contributed by atoms with van der Waals surface area (Å²) in [6, 6.07) is 29.6. The van der Waals surface area contributed by atoms with Crippen LogP contribution in [0.2, 0.25) is 5.04 Å². The highest BCUT2D eigenvalue weighted by atomic mass is 28.4. The Morgan fingerprint density at radius 2 is 1.36 bits per heavy atom. The molecule has 0 radical (unpaired) electrons. The van der Waals surface area contributed by atoms with E-state index in [9.17, 15) is 14.7 Å². The lowest BCUT2D eigenvalue weighted by Gasteiger charge is -2.45. The Kier molecular flexibility index (Phi) is 7.61. The van der Waals surface area contributed by atoms with Crippen molar-refractivity contribution < 1.29 is 23.9 Å². The van der Waals surface area contributed by atoms with E-state index in [2.05, 4.69) is 45.0 Å². The summed E-state index contributed by atoms with van der Waals surface area (Å²) in [5, 5.41) is 11.9. The number of carbonyl (C=O) groups excluding carboxylic acids is 1. The standard InChI is InChI=1S/C29H33NO5Si/c1-29(2,3)36(23-15-9-5-10-16-23,24-17-11-6-12-18-24)35-26-20-30(19-25(26)27(31)32)28(33)34-21-22-13-7-4-8-14-22/h4-18,25-26H,19-21H2,1-3H3,(H,31,32)/t25-,26-/m1/s1. The van der Waals surface area contributed by atoms with E-state index in [0.717, 1.165) is 15.9 Å². The Hall–Kier alpha value is -3.42. The molecule has 0 spiro atoms. The van der Waals surface area contributed by atoms with Crippen molar-refractivity contribution in [2.45, 2.75) is 38.5 Å². The zero-order valence-corrected chi connectivity index (χ0v) is 22.0. The highest BCUT2D eigenvalue weighted by Gasteiger charge is 2.54. The third-order valence-electron chi connectivity index (χ3n) is 6.79. The van der Waals surface area contributed by atoms with Gasteiger partial charge >= 0.3 is 12.1 Å². The van der Waals surface area contributed by atoms with Crippen molar-refractivity contribution in [2.75, 3.05) is 13.1 Å². The molecule has 1 amide bonds. The van der Waals surface area contributed by atoms with Gasteiger partial charge in [-0.25, -0.2) is 4.79 Å². The molecule has 2 atom stereocenters. The smallest absolute Gasteiger partial charge is 0.410 e. The van der Waals surface area contributed by atoms with E-state index in [1.54, 1.807) is 0 Å². The average Bonchev–Trinajstić information content (AvgIpc) is 3.31. The van der Waals surface area contributed by atoms with Gasteiger partial charge in [0.05, 0.1) is 6.10 Å². The van der Waals surface area contributed by atoms with Gasteiger partial charge in [0.25, 0.3) is 8.32 Å². The number of ether oxygens (including phenoxy) is 1. The molecule has 7 heteroatoms. The minimum Gasteiger partial charge on any atom is -0.481 e. The first-order valence-electron chi connectivity index (χ1n) is 12.2. The van der Waals surface area contributed by atoms with Gasteiger partial charge < -0.3 is 19.2 Å². The molecule has 0 aliphatic carbocycles. The van der Waals surface area contributed by atoms with Crippen LogP contribution in [0.3, 0.4) is 0 Å². The van der Waals surface area contributed by atoms with E-state index in [1.165, 1.54) is 4.90 Å². The number of rotatable bonds is 7. The summed E-state index contributed by atoms with van der Waals surface area (Å²) in [6.45, 7) is 6.79. The van der Waals surface area contributed by atoms with Gasteiger partial charge in [-0.2, -0.15) is 0 Å². The van der Waals surface area contributed by atoms with Crippen molar-refractivity contribution >= 4 is 30.8 Å². The second kappa shape index (κ2) is 10.7. The third kappa shape index (κ3) is 5.22. The Morgan fingerprint density at radius 3 is 1.83 bits per heavy atom. The number of likely N-dealkylation sites (tertiary alicyclic amines) is 1. The maximum atomic E-state index is 12.9. The Morgan fingerprint density at radius 1 is 0.861 bits per heavy atom. The van der Waals surface area contributed by atoms with Gasteiger partial charge in [-0.3, -0.25) is 4.79 Å². The highest BCUT2D eigenvalue weighted by Crippen LogP contribution is 2.39. The van der Waals surface area contributed by atoms with E-state index >= 15 is 0 Å². The molecular weight excluding hydrogens is 470 g/mol. The van der Waals surface area contributed by atoms with Gasteiger partial charge in [-0.15, -0.1) is 0 Å². The molecule has 4 rings (SSSR count). The number of carbonyl (C=O) groups is 2. The molecule has 0 saturated carbocycles. The molecule has 188 valence electrons. The summed E-state index contributed by atoms with van der Waals surface area (Å²) in [5.74, 6) is -1.83. The van der Waals surface area contributed by atoms with Gasteiger partial charge in [0.1, 0.15) is 12.5 Å². The van der Waals surface area contributed by atoms with E-state index in [1.807, 2.05) is 66.7 Å². The summed E-state index contributed by atoms with van der Waals surface area (Å²) in [5.41, 5.74) is 0.875. The number of amides is 1. The maximum absolute atomic E-state index is 12.9. The predicted molar refractivity (Wildman–Crippen MR) is 142 cm³/mol. The Labute approximate surface area is 213 Å². The number of hydrogen-bond acceptors (Lipinski definition) is 4. The third-order valence-corrected chi connectivity index (χ3v) is 11.9. The molecule has 0 unspecified atom stereocenters. The quantitative estimate of drug-likeness (QED) is 0.487. The number of carboxylic acids is 1. The number of carboxylic acid groups (broad SMARTS) is 1. The van der Waals surface area contributed by atoms with Crippen LogP contribution in [0.4, 0.5) is 4.79 Å². The topological polar surface area (TPSA) is 76.1 Å². The molecule has 0 aromatic heterocycles. The van der Waals surface area contributed by atoms with Crippen molar-refractivity contribution in [3.63, 3.8) is 0 Å². The minimum absolute atomic E-state index is 0.0474. The van der Waals surface area contributed by atoms with Gasteiger partial charge in [0.15, 0.2) is 0 Å². The largest absolute Gasteiger partial charge is 0.481 e. The van der Waals surface area contributed by atoms with E-state index in [4.69, 9.17) is 9.16 Å². The van der Waals surface area contributed by atoms with Gasteiger partial charge in [-0.1, -0.05) is 112 Å². The molecule has 0 bridgehead atoms. The van der Waals surface area contributed by atoms with Crippen LogP contribution in [0.25, 0.3) is 0 Å². The number of hydrogen-bond donors (Lipinski definition) is 1. The lowest BCUT2D eigenvalue weighted by atomic mass is 10.1. The molecule has 1 N–H and O–H groups in total. The summed E-state index contributed by atoms with van der Waals surface area (Å²) in [6.07, 6.45) is -1.20. The fourth-order valence-corrected chi connectivity index (χ4v) is 9.72. The second-order valence-electron chi connectivity index (χ2n) is 10.2. The van der Waals surface area contributed by atoms with E-state index in [0.29, 0.717) is 0 Å². The zero-order chi connectivity index (χ0) is 25.8. The lowest BCUT2D eigenvalue weighted by Crippen LogP contribution is -2.68. The zero-order valence-electron chi connectivity index (χ0n) is 21.0. The number of benzene rings is 3. The molecule has 1 aliphatic heterocycles. The molecule has 1 heterocycles. The lowest BCUT2D eigenvalue weighted by molar-refractivity contribution is -0.143. The second-order valence-corrected chi connectivity index (χ2v) is 14.5. The highest BCUT2D eigenvalue weighted by molar-refractivity contribution is 6.99. The SMILES string of the molecule is CC(C)(C)[Si](O[C@@H]1CN(C(=O)OCc2ccccc2)C[C@H]1C(=O)O)(c1ccccc1)c1ccccc1. The van der Waals surface area contributed by atoms with Crippen LogP contribution >= 0.6 is 0 Å². The predicted octanol–water partition coefficient (Wildman–Crippen LogP) is 4.28.